The molecule has 0 fully saturated rings. The van der Waals surface area contributed by atoms with Gasteiger partial charge < -0.3 is 9.52 Å². The van der Waals surface area contributed by atoms with Crippen LogP contribution in [0.15, 0.2) is 174 Å². The minimum atomic E-state index is -0.352. The number of aromatic hydroxyl groups is 1. The molecule has 0 bridgehead atoms. The lowest BCUT2D eigenvalue weighted by atomic mass is 9.82. The van der Waals surface area contributed by atoms with Gasteiger partial charge in [0.1, 0.15) is 28.4 Å². The molecular weight excluding hydrogens is 677 g/mol. The van der Waals surface area contributed by atoms with E-state index in [9.17, 15) is 5.11 Å². The third kappa shape index (κ3) is 6.38. The second-order valence-electron chi connectivity index (χ2n) is 14.7. The standard InChI is InChI=1S/C49H38N4O2/c1-49(2,3)41-31-36(33-17-8-5-9-18-33)30-40(46(41)54)45-47-44(39-21-10-11-22-42(39)55-47)51-48(52-45)35-19-14-20-38(29-35)53(43-23-12-13-28-50-43)37-26-24-34(25-27-37)32-15-6-4-7-16-32/h4-31,54H,1-3H3. The van der Waals surface area contributed by atoms with E-state index in [0.29, 0.717) is 33.8 Å². The first-order chi connectivity index (χ1) is 26.8. The van der Waals surface area contributed by atoms with E-state index < -0.39 is 0 Å². The average Bonchev–Trinajstić information content (AvgIpc) is 3.61. The van der Waals surface area contributed by atoms with Crippen LogP contribution in [0.5, 0.6) is 5.75 Å². The summed E-state index contributed by atoms with van der Waals surface area (Å²) in [5.74, 6) is 1.47. The number of fused-ring (bicyclic) bond motifs is 3. The zero-order valence-corrected chi connectivity index (χ0v) is 30.8. The third-order valence-corrected chi connectivity index (χ3v) is 9.97. The molecule has 6 heteroatoms. The average molecular weight is 715 g/mol. The summed E-state index contributed by atoms with van der Waals surface area (Å²) in [6.45, 7) is 6.32. The number of furan rings is 1. The van der Waals surface area contributed by atoms with E-state index in [2.05, 4.69) is 105 Å². The van der Waals surface area contributed by atoms with Crippen LogP contribution in [-0.2, 0) is 5.41 Å². The number of pyridine rings is 1. The summed E-state index contributed by atoms with van der Waals surface area (Å²) in [4.78, 5) is 17.3. The van der Waals surface area contributed by atoms with Crippen molar-refractivity contribution in [2.45, 2.75) is 26.2 Å². The topological polar surface area (TPSA) is 75.3 Å². The Hall–Kier alpha value is -7.05. The summed E-state index contributed by atoms with van der Waals surface area (Å²) >= 11 is 0. The molecule has 0 atom stereocenters. The molecule has 6 aromatic carbocycles. The molecule has 0 aliphatic carbocycles. The first-order valence-electron chi connectivity index (χ1n) is 18.4. The van der Waals surface area contributed by atoms with Crippen molar-refractivity contribution in [1.29, 1.82) is 0 Å². The number of aromatic nitrogens is 3. The van der Waals surface area contributed by atoms with Gasteiger partial charge in [0.05, 0.1) is 0 Å². The molecule has 0 radical (unpaired) electrons. The van der Waals surface area contributed by atoms with Gasteiger partial charge in [0.15, 0.2) is 11.4 Å². The van der Waals surface area contributed by atoms with Gasteiger partial charge in [-0.2, -0.15) is 0 Å². The molecule has 0 saturated carbocycles. The van der Waals surface area contributed by atoms with Gasteiger partial charge in [-0.3, -0.25) is 4.90 Å². The first kappa shape index (κ1) is 33.8. The van der Waals surface area contributed by atoms with E-state index in [1.807, 2.05) is 84.9 Å². The van der Waals surface area contributed by atoms with Crippen LogP contribution in [0.4, 0.5) is 17.2 Å². The highest BCUT2D eigenvalue weighted by molar-refractivity contribution is 6.07. The first-order valence-corrected chi connectivity index (χ1v) is 18.4. The van der Waals surface area contributed by atoms with Crippen molar-refractivity contribution >= 4 is 39.3 Å². The van der Waals surface area contributed by atoms with Gasteiger partial charge >= 0.3 is 0 Å². The van der Waals surface area contributed by atoms with Gasteiger partial charge in [-0.15, -0.1) is 0 Å². The zero-order valence-electron chi connectivity index (χ0n) is 30.8. The summed E-state index contributed by atoms with van der Waals surface area (Å²) in [5, 5.41) is 13.0. The predicted molar refractivity (Wildman–Crippen MR) is 224 cm³/mol. The van der Waals surface area contributed by atoms with Crippen molar-refractivity contribution in [2.24, 2.45) is 0 Å². The monoisotopic (exact) mass is 714 g/mol. The second kappa shape index (κ2) is 13.7. The minimum Gasteiger partial charge on any atom is -0.507 e. The molecule has 9 rings (SSSR count). The maximum Gasteiger partial charge on any atom is 0.180 e. The van der Waals surface area contributed by atoms with E-state index in [4.69, 9.17) is 19.4 Å². The lowest BCUT2D eigenvalue weighted by Crippen LogP contribution is -2.12. The van der Waals surface area contributed by atoms with Crippen LogP contribution in [0.25, 0.3) is 67.0 Å². The highest BCUT2D eigenvalue weighted by Gasteiger charge is 2.27. The Morgan fingerprint density at radius 2 is 1.22 bits per heavy atom. The van der Waals surface area contributed by atoms with E-state index in [1.54, 1.807) is 6.20 Å². The molecule has 6 nitrogen and oxygen atoms in total. The SMILES string of the molecule is CC(C)(C)c1cc(-c2ccccc2)cc(-c2nc(-c3cccc(N(c4ccc(-c5ccccc5)cc4)c4ccccn4)c3)nc3c2oc2ccccc23)c1O. The largest absolute Gasteiger partial charge is 0.507 e. The van der Waals surface area contributed by atoms with Crippen LogP contribution in [0, 0.1) is 0 Å². The number of phenolic OH excluding ortho intramolecular Hbond substituents is 1. The van der Waals surface area contributed by atoms with Gasteiger partial charge in [0.25, 0.3) is 0 Å². The molecule has 0 aliphatic heterocycles. The van der Waals surface area contributed by atoms with Gasteiger partial charge in [-0.25, -0.2) is 15.0 Å². The summed E-state index contributed by atoms with van der Waals surface area (Å²) in [6.07, 6.45) is 1.81. The number of hydrogen-bond acceptors (Lipinski definition) is 6. The maximum absolute atomic E-state index is 12.1. The number of anilines is 3. The molecular formula is C49H38N4O2. The zero-order chi connectivity index (χ0) is 37.5. The summed E-state index contributed by atoms with van der Waals surface area (Å²) in [7, 11) is 0. The number of para-hydroxylation sites is 1. The predicted octanol–water partition coefficient (Wildman–Crippen LogP) is 12.9. The number of hydrogen-bond donors (Lipinski definition) is 1. The Morgan fingerprint density at radius 1 is 0.564 bits per heavy atom. The number of nitrogens with zero attached hydrogens (tertiary/aromatic N) is 4. The third-order valence-electron chi connectivity index (χ3n) is 9.97. The van der Waals surface area contributed by atoms with Gasteiger partial charge in [0, 0.05) is 39.6 Å². The Kier molecular flexibility index (Phi) is 8.43. The highest BCUT2D eigenvalue weighted by atomic mass is 16.3. The molecule has 0 saturated heterocycles. The van der Waals surface area contributed by atoms with Crippen LogP contribution >= 0.6 is 0 Å². The van der Waals surface area contributed by atoms with Gasteiger partial charge in [-0.05, 0) is 88.3 Å². The fourth-order valence-electron chi connectivity index (χ4n) is 7.20. The molecule has 0 amide bonds. The number of phenols is 1. The lowest BCUT2D eigenvalue weighted by molar-refractivity contribution is 0.448. The van der Waals surface area contributed by atoms with Crippen molar-refractivity contribution in [3.8, 4) is 50.6 Å². The number of benzene rings is 6. The molecule has 1 N–H and O–H groups in total. The Labute approximate surface area is 320 Å². The molecule has 0 spiro atoms. The van der Waals surface area contributed by atoms with Crippen LogP contribution < -0.4 is 4.90 Å². The maximum atomic E-state index is 12.1. The van der Waals surface area contributed by atoms with E-state index in [0.717, 1.165) is 56.0 Å². The van der Waals surface area contributed by atoms with Gasteiger partial charge in [0.2, 0.25) is 0 Å². The Bertz CT molecular complexity index is 2790. The summed E-state index contributed by atoms with van der Waals surface area (Å²) in [6, 6.07) is 55.2. The number of rotatable bonds is 7. The van der Waals surface area contributed by atoms with Crippen LogP contribution in [-0.4, -0.2) is 20.1 Å². The molecule has 0 unspecified atom stereocenters. The molecule has 55 heavy (non-hydrogen) atoms. The Balaban J connectivity index is 1.24. The molecule has 9 aromatic rings. The van der Waals surface area contributed by atoms with Crippen molar-refractivity contribution in [3.63, 3.8) is 0 Å². The fourth-order valence-corrected chi connectivity index (χ4v) is 7.20. The van der Waals surface area contributed by atoms with Crippen molar-refractivity contribution in [3.05, 3.63) is 176 Å². The van der Waals surface area contributed by atoms with Crippen molar-refractivity contribution < 1.29 is 9.52 Å². The quantitative estimate of drug-likeness (QED) is 0.177. The molecule has 0 aliphatic rings. The molecule has 266 valence electrons. The van der Waals surface area contributed by atoms with Crippen molar-refractivity contribution in [1.82, 2.24) is 15.0 Å². The minimum absolute atomic E-state index is 0.174. The molecule has 3 heterocycles. The highest BCUT2D eigenvalue weighted by Crippen LogP contribution is 2.45. The Morgan fingerprint density at radius 3 is 1.93 bits per heavy atom. The van der Waals surface area contributed by atoms with Crippen LogP contribution in [0.2, 0.25) is 0 Å². The fraction of sp³-hybridized carbons (Fsp3) is 0.0816. The lowest BCUT2D eigenvalue weighted by Gasteiger charge is -2.25. The van der Waals surface area contributed by atoms with Crippen LogP contribution in [0.3, 0.4) is 0 Å². The summed E-state index contributed by atoms with van der Waals surface area (Å²) < 4.78 is 6.52. The van der Waals surface area contributed by atoms with Crippen molar-refractivity contribution in [2.75, 3.05) is 4.90 Å². The summed E-state index contributed by atoms with van der Waals surface area (Å²) in [5.41, 5.74) is 10.5. The molecule has 3 aromatic heterocycles. The smallest absolute Gasteiger partial charge is 0.180 e. The van der Waals surface area contributed by atoms with Gasteiger partial charge in [-0.1, -0.05) is 124 Å². The van der Waals surface area contributed by atoms with E-state index in [-0.39, 0.29) is 11.2 Å². The normalized spacial score (nSPS) is 11.6. The van der Waals surface area contributed by atoms with E-state index >= 15 is 0 Å². The van der Waals surface area contributed by atoms with Crippen LogP contribution in [0.1, 0.15) is 26.3 Å². The van der Waals surface area contributed by atoms with E-state index in [1.165, 1.54) is 0 Å². The second-order valence-corrected chi connectivity index (χ2v) is 14.7.